The van der Waals surface area contributed by atoms with Crippen LogP contribution in [0.1, 0.15) is 29.1 Å². The second-order valence-electron chi connectivity index (χ2n) is 6.84. The lowest BCUT2D eigenvalue weighted by Crippen LogP contribution is -2.16. The van der Waals surface area contributed by atoms with E-state index in [-0.39, 0.29) is 5.91 Å². The van der Waals surface area contributed by atoms with E-state index in [4.69, 9.17) is 11.6 Å². The van der Waals surface area contributed by atoms with Gasteiger partial charge >= 0.3 is 0 Å². The summed E-state index contributed by atoms with van der Waals surface area (Å²) in [4.78, 5) is 21.2. The molecule has 0 saturated carbocycles. The summed E-state index contributed by atoms with van der Waals surface area (Å²) in [6, 6.07) is 9.16. The Labute approximate surface area is 172 Å². The van der Waals surface area contributed by atoms with Gasteiger partial charge in [-0.1, -0.05) is 17.7 Å². The molecule has 0 spiro atoms. The largest absolute Gasteiger partial charge is 0.311 e. The number of rotatable bonds is 5. The lowest BCUT2D eigenvalue weighted by Gasteiger charge is -2.11. The van der Waals surface area contributed by atoms with Crippen LogP contribution in [0.2, 0.25) is 5.02 Å². The van der Waals surface area contributed by atoms with Crippen LogP contribution >= 0.6 is 11.6 Å². The van der Waals surface area contributed by atoms with Crippen molar-refractivity contribution in [2.24, 2.45) is 0 Å². The Kier molecular flexibility index (Phi) is 5.02. The standard InChI is InChI=1S/C20H20ClN7O/c1-12-9-18(28(26-12)16-6-4-5-15(21)10-16)25-19(29)8-7-17-13(2)24-20-22-11-23-27(20)14(17)3/h4-6,9-11H,7-8H2,1-3H3,(H,25,29). The molecule has 1 aromatic carbocycles. The molecule has 0 aliphatic heterocycles. The Morgan fingerprint density at radius 3 is 2.83 bits per heavy atom. The van der Waals surface area contributed by atoms with Crippen molar-refractivity contribution in [2.75, 3.05) is 5.32 Å². The Morgan fingerprint density at radius 2 is 2.03 bits per heavy atom. The van der Waals surface area contributed by atoms with Crippen LogP contribution in [0.15, 0.2) is 36.7 Å². The number of aromatic nitrogens is 6. The molecule has 0 radical (unpaired) electrons. The molecule has 4 rings (SSSR count). The zero-order chi connectivity index (χ0) is 20.5. The molecule has 4 aromatic rings. The second kappa shape index (κ2) is 7.63. The van der Waals surface area contributed by atoms with Crippen molar-refractivity contribution in [2.45, 2.75) is 33.6 Å². The van der Waals surface area contributed by atoms with E-state index >= 15 is 0 Å². The summed E-state index contributed by atoms with van der Waals surface area (Å²) < 4.78 is 3.37. The number of carbonyl (C=O) groups excluding carboxylic acids is 1. The van der Waals surface area contributed by atoms with Crippen LogP contribution in [-0.2, 0) is 11.2 Å². The first kappa shape index (κ1) is 19.1. The maximum Gasteiger partial charge on any atom is 0.252 e. The molecule has 1 amide bonds. The molecular weight excluding hydrogens is 390 g/mol. The number of hydrogen-bond acceptors (Lipinski definition) is 5. The van der Waals surface area contributed by atoms with Crippen molar-refractivity contribution in [1.82, 2.24) is 29.4 Å². The number of nitrogens with zero attached hydrogens (tertiary/aromatic N) is 6. The molecule has 0 unspecified atom stereocenters. The molecular formula is C20H20ClN7O. The molecule has 0 fully saturated rings. The van der Waals surface area contributed by atoms with Gasteiger partial charge in [-0.2, -0.15) is 15.2 Å². The summed E-state index contributed by atoms with van der Waals surface area (Å²) in [5.74, 6) is 1.06. The first-order chi connectivity index (χ1) is 13.9. The van der Waals surface area contributed by atoms with E-state index in [1.807, 2.05) is 39.0 Å². The Balaban J connectivity index is 1.52. The van der Waals surface area contributed by atoms with Crippen LogP contribution in [0.3, 0.4) is 0 Å². The van der Waals surface area contributed by atoms with Gasteiger partial charge in [0.05, 0.1) is 11.4 Å². The number of anilines is 1. The molecule has 1 N–H and O–H groups in total. The topological polar surface area (TPSA) is 90.0 Å². The van der Waals surface area contributed by atoms with E-state index in [1.54, 1.807) is 21.3 Å². The van der Waals surface area contributed by atoms with Crippen LogP contribution in [-0.4, -0.2) is 35.3 Å². The first-order valence-corrected chi connectivity index (χ1v) is 9.58. The van der Waals surface area contributed by atoms with Gasteiger partial charge in [0.1, 0.15) is 12.1 Å². The van der Waals surface area contributed by atoms with Gasteiger partial charge in [-0.15, -0.1) is 0 Å². The average molecular weight is 410 g/mol. The molecule has 0 aliphatic carbocycles. The normalized spacial score (nSPS) is 11.2. The number of carbonyl (C=O) groups is 1. The molecule has 0 atom stereocenters. The van der Waals surface area contributed by atoms with Gasteiger partial charge in [-0.25, -0.2) is 14.2 Å². The van der Waals surface area contributed by atoms with Crippen molar-refractivity contribution >= 4 is 29.1 Å². The van der Waals surface area contributed by atoms with E-state index in [0.29, 0.717) is 29.5 Å². The third-order valence-electron chi connectivity index (χ3n) is 4.74. The van der Waals surface area contributed by atoms with Crippen LogP contribution in [0.4, 0.5) is 5.82 Å². The maximum absolute atomic E-state index is 12.6. The third kappa shape index (κ3) is 3.84. The fourth-order valence-electron chi connectivity index (χ4n) is 3.35. The maximum atomic E-state index is 12.6. The summed E-state index contributed by atoms with van der Waals surface area (Å²) in [5.41, 5.74) is 4.38. The molecule has 148 valence electrons. The zero-order valence-corrected chi connectivity index (χ0v) is 17.1. The number of halogens is 1. The molecule has 9 heteroatoms. The quantitative estimate of drug-likeness (QED) is 0.545. The summed E-state index contributed by atoms with van der Waals surface area (Å²) in [6.07, 6.45) is 2.34. The Bertz CT molecular complexity index is 1210. The van der Waals surface area contributed by atoms with Crippen LogP contribution < -0.4 is 5.32 Å². The predicted octanol–water partition coefficient (Wildman–Crippen LogP) is 3.46. The summed E-state index contributed by atoms with van der Waals surface area (Å²) in [7, 11) is 0. The van der Waals surface area contributed by atoms with Crippen molar-refractivity contribution in [3.8, 4) is 5.69 Å². The van der Waals surface area contributed by atoms with E-state index < -0.39 is 0 Å². The number of hydrogen-bond donors (Lipinski definition) is 1. The van der Waals surface area contributed by atoms with Crippen LogP contribution in [0.25, 0.3) is 11.5 Å². The van der Waals surface area contributed by atoms with E-state index in [2.05, 4.69) is 25.5 Å². The van der Waals surface area contributed by atoms with Crippen molar-refractivity contribution in [1.29, 1.82) is 0 Å². The minimum atomic E-state index is -0.106. The van der Waals surface area contributed by atoms with E-state index in [0.717, 1.165) is 28.3 Å². The van der Waals surface area contributed by atoms with E-state index in [9.17, 15) is 4.79 Å². The molecule has 29 heavy (non-hydrogen) atoms. The smallest absolute Gasteiger partial charge is 0.252 e. The minimum Gasteiger partial charge on any atom is -0.311 e. The van der Waals surface area contributed by atoms with Gasteiger partial charge in [0.25, 0.3) is 5.78 Å². The van der Waals surface area contributed by atoms with Gasteiger partial charge in [0.2, 0.25) is 5.91 Å². The highest BCUT2D eigenvalue weighted by molar-refractivity contribution is 6.30. The molecule has 0 aliphatic rings. The fraction of sp³-hybridized carbons (Fsp3) is 0.250. The first-order valence-electron chi connectivity index (χ1n) is 9.20. The van der Waals surface area contributed by atoms with Crippen LogP contribution in [0, 0.1) is 20.8 Å². The summed E-state index contributed by atoms with van der Waals surface area (Å²) in [5, 5.41) is 12.2. The van der Waals surface area contributed by atoms with Gasteiger partial charge < -0.3 is 5.32 Å². The highest BCUT2D eigenvalue weighted by Gasteiger charge is 2.15. The number of aryl methyl sites for hydroxylation is 3. The van der Waals surface area contributed by atoms with Crippen molar-refractivity contribution in [3.63, 3.8) is 0 Å². The minimum absolute atomic E-state index is 0.106. The highest BCUT2D eigenvalue weighted by Crippen LogP contribution is 2.21. The molecule has 8 nitrogen and oxygen atoms in total. The lowest BCUT2D eigenvalue weighted by atomic mass is 10.1. The van der Waals surface area contributed by atoms with Gasteiger partial charge in [0.15, 0.2) is 0 Å². The average Bonchev–Trinajstić information content (AvgIpc) is 3.28. The third-order valence-corrected chi connectivity index (χ3v) is 4.98. The van der Waals surface area contributed by atoms with Gasteiger partial charge in [-0.3, -0.25) is 4.79 Å². The van der Waals surface area contributed by atoms with Crippen LogP contribution in [0.5, 0.6) is 0 Å². The Hall–Kier alpha value is -3.26. The number of nitrogens with one attached hydrogen (secondary N) is 1. The Morgan fingerprint density at radius 1 is 1.21 bits per heavy atom. The molecule has 0 bridgehead atoms. The summed E-state index contributed by atoms with van der Waals surface area (Å²) in [6.45, 7) is 5.76. The molecule has 0 saturated heterocycles. The molecule has 3 heterocycles. The van der Waals surface area contributed by atoms with Gasteiger partial charge in [0, 0.05) is 28.9 Å². The van der Waals surface area contributed by atoms with E-state index in [1.165, 1.54) is 6.33 Å². The van der Waals surface area contributed by atoms with Crippen molar-refractivity contribution < 1.29 is 4.79 Å². The van der Waals surface area contributed by atoms with Crippen molar-refractivity contribution in [3.05, 3.63) is 64.3 Å². The predicted molar refractivity (Wildman–Crippen MR) is 111 cm³/mol. The summed E-state index contributed by atoms with van der Waals surface area (Å²) >= 11 is 6.09. The lowest BCUT2D eigenvalue weighted by molar-refractivity contribution is -0.116. The number of benzene rings is 1. The zero-order valence-electron chi connectivity index (χ0n) is 16.3. The number of amides is 1. The second-order valence-corrected chi connectivity index (χ2v) is 7.28. The SMILES string of the molecule is Cc1cc(NC(=O)CCc2c(C)nc3ncnn3c2C)n(-c2cccc(Cl)c2)n1. The fourth-order valence-corrected chi connectivity index (χ4v) is 3.54. The highest BCUT2D eigenvalue weighted by atomic mass is 35.5. The van der Waals surface area contributed by atoms with Gasteiger partial charge in [-0.05, 0) is 51.0 Å². The number of fused-ring (bicyclic) bond motifs is 1. The molecule has 3 aromatic heterocycles. The monoisotopic (exact) mass is 409 g/mol.